The molecule has 6 nitrogen and oxygen atoms in total. The number of nitrogen functional groups attached to an aromatic ring is 2. The van der Waals surface area contributed by atoms with E-state index < -0.39 is 0 Å². The van der Waals surface area contributed by atoms with Crippen molar-refractivity contribution in [3.8, 4) is 5.75 Å². The van der Waals surface area contributed by atoms with Crippen molar-refractivity contribution in [1.82, 2.24) is 15.0 Å². The number of hydrogen-bond donors (Lipinski definition) is 3. The molecule has 0 saturated carbocycles. The van der Waals surface area contributed by atoms with Crippen LogP contribution in [0.4, 0.5) is 11.9 Å². The fourth-order valence-corrected chi connectivity index (χ4v) is 1.54. The van der Waals surface area contributed by atoms with Gasteiger partial charge in [-0.05, 0) is 24.1 Å². The molecule has 0 radical (unpaired) electrons. The van der Waals surface area contributed by atoms with Crippen LogP contribution in [0.2, 0.25) is 0 Å². The Morgan fingerprint density at radius 1 is 1.00 bits per heavy atom. The molecule has 5 N–H and O–H groups in total. The zero-order chi connectivity index (χ0) is 12.3. The van der Waals surface area contributed by atoms with Crippen LogP contribution in [0.3, 0.4) is 0 Å². The lowest BCUT2D eigenvalue weighted by Gasteiger charge is -2.03. The highest BCUT2D eigenvalue weighted by Crippen LogP contribution is 2.12. The normalized spacial score (nSPS) is 10.4. The summed E-state index contributed by atoms with van der Waals surface area (Å²) in [5, 5.41) is 9.32. The second-order valence-electron chi connectivity index (χ2n) is 3.64. The van der Waals surface area contributed by atoms with Crippen molar-refractivity contribution in [3.05, 3.63) is 35.7 Å². The van der Waals surface area contributed by atoms with Gasteiger partial charge in [-0.3, -0.25) is 0 Å². The third-order valence-electron chi connectivity index (χ3n) is 2.26. The van der Waals surface area contributed by atoms with E-state index in [1.165, 1.54) is 0 Å². The van der Waals surface area contributed by atoms with Crippen LogP contribution in [0.25, 0.3) is 0 Å². The Bertz CT molecular complexity index is 509. The molecule has 0 aliphatic heterocycles. The Balaban J connectivity index is 2.07. The van der Waals surface area contributed by atoms with E-state index in [0.717, 1.165) is 5.56 Å². The number of nitrogens with two attached hydrogens (primary N) is 2. The third kappa shape index (κ3) is 3.04. The van der Waals surface area contributed by atoms with Crippen LogP contribution in [0.15, 0.2) is 24.3 Å². The van der Waals surface area contributed by atoms with Crippen molar-refractivity contribution >= 4 is 11.9 Å². The smallest absolute Gasteiger partial charge is 0.225 e. The minimum absolute atomic E-state index is 0.128. The summed E-state index contributed by atoms with van der Waals surface area (Å²) in [4.78, 5) is 11.7. The predicted octanol–water partition coefficient (Wildman–Crippen LogP) is 0.527. The Morgan fingerprint density at radius 3 is 2.35 bits per heavy atom. The zero-order valence-electron chi connectivity index (χ0n) is 9.17. The van der Waals surface area contributed by atoms with Crippen molar-refractivity contribution in [3.63, 3.8) is 0 Å². The minimum Gasteiger partial charge on any atom is -0.508 e. The number of nitrogens with zero attached hydrogens (tertiary/aromatic N) is 3. The maximum atomic E-state index is 9.32. The SMILES string of the molecule is Nc1nc(N)nc(CCc2cccc(O)c2)n1. The van der Waals surface area contributed by atoms with Crippen molar-refractivity contribution in [1.29, 1.82) is 0 Å². The Morgan fingerprint density at radius 2 is 1.71 bits per heavy atom. The second-order valence-corrected chi connectivity index (χ2v) is 3.64. The number of hydrogen-bond acceptors (Lipinski definition) is 6. The predicted molar refractivity (Wildman–Crippen MR) is 64.2 cm³/mol. The molecule has 1 aromatic carbocycles. The molecule has 0 unspecified atom stereocenters. The molecule has 0 spiro atoms. The molecule has 0 saturated heterocycles. The van der Waals surface area contributed by atoms with E-state index in [-0.39, 0.29) is 17.6 Å². The quantitative estimate of drug-likeness (QED) is 0.710. The monoisotopic (exact) mass is 231 g/mol. The molecule has 1 heterocycles. The standard InChI is InChI=1S/C11H13N5O/c12-10-14-9(15-11(13)16-10)5-4-7-2-1-3-8(17)6-7/h1-3,6,17H,4-5H2,(H4,12,13,14,15,16). The third-order valence-corrected chi connectivity index (χ3v) is 2.26. The van der Waals surface area contributed by atoms with Crippen LogP contribution in [0, 0.1) is 0 Å². The first kappa shape index (κ1) is 11.1. The molecular formula is C11H13N5O. The number of aromatic nitrogens is 3. The van der Waals surface area contributed by atoms with Crippen molar-refractivity contribution < 1.29 is 5.11 Å². The van der Waals surface area contributed by atoms with Crippen molar-refractivity contribution in [2.45, 2.75) is 12.8 Å². The minimum atomic E-state index is 0.128. The lowest BCUT2D eigenvalue weighted by Crippen LogP contribution is -2.07. The molecule has 0 amide bonds. The van der Waals surface area contributed by atoms with E-state index in [1.54, 1.807) is 18.2 Å². The number of aryl methyl sites for hydroxylation is 2. The second kappa shape index (κ2) is 4.65. The lowest BCUT2D eigenvalue weighted by atomic mass is 10.1. The number of phenolic OH excluding ortho intramolecular Hbond substituents is 1. The first-order valence-corrected chi connectivity index (χ1v) is 5.17. The summed E-state index contributed by atoms with van der Waals surface area (Å²) < 4.78 is 0. The Hall–Kier alpha value is -2.37. The van der Waals surface area contributed by atoms with Crippen LogP contribution in [-0.2, 0) is 12.8 Å². The van der Waals surface area contributed by atoms with Crippen LogP contribution in [0.1, 0.15) is 11.4 Å². The molecule has 2 aromatic rings. The topological polar surface area (TPSA) is 111 Å². The van der Waals surface area contributed by atoms with Gasteiger partial charge in [0.25, 0.3) is 0 Å². The van der Waals surface area contributed by atoms with E-state index in [1.807, 2.05) is 6.07 Å². The number of phenols is 1. The highest BCUT2D eigenvalue weighted by atomic mass is 16.3. The zero-order valence-corrected chi connectivity index (χ0v) is 9.17. The molecule has 88 valence electrons. The number of aromatic hydroxyl groups is 1. The average molecular weight is 231 g/mol. The molecular weight excluding hydrogens is 218 g/mol. The van der Waals surface area contributed by atoms with Crippen LogP contribution < -0.4 is 11.5 Å². The summed E-state index contributed by atoms with van der Waals surface area (Å²) in [5.41, 5.74) is 11.9. The summed E-state index contributed by atoms with van der Waals surface area (Å²) in [6.07, 6.45) is 1.30. The van der Waals surface area contributed by atoms with Gasteiger partial charge in [0.1, 0.15) is 11.6 Å². The van der Waals surface area contributed by atoms with E-state index >= 15 is 0 Å². The molecule has 0 aliphatic rings. The Labute approximate surface area is 98.4 Å². The molecule has 0 fully saturated rings. The number of rotatable bonds is 3. The van der Waals surface area contributed by atoms with Crippen LogP contribution in [0.5, 0.6) is 5.75 Å². The van der Waals surface area contributed by atoms with Gasteiger partial charge in [0.2, 0.25) is 11.9 Å². The van der Waals surface area contributed by atoms with Crippen LogP contribution >= 0.6 is 0 Å². The maximum absolute atomic E-state index is 9.32. The van der Waals surface area contributed by atoms with Gasteiger partial charge in [0, 0.05) is 6.42 Å². The van der Waals surface area contributed by atoms with E-state index in [2.05, 4.69) is 15.0 Å². The molecule has 0 atom stereocenters. The van der Waals surface area contributed by atoms with Gasteiger partial charge in [-0.25, -0.2) is 0 Å². The fourth-order valence-electron chi connectivity index (χ4n) is 1.54. The average Bonchev–Trinajstić information content (AvgIpc) is 2.25. The summed E-state index contributed by atoms with van der Waals surface area (Å²) in [6, 6.07) is 7.05. The summed E-state index contributed by atoms with van der Waals surface area (Å²) in [7, 11) is 0. The maximum Gasteiger partial charge on any atom is 0.225 e. The molecule has 0 aliphatic carbocycles. The highest BCUT2D eigenvalue weighted by Gasteiger charge is 2.03. The van der Waals surface area contributed by atoms with Gasteiger partial charge >= 0.3 is 0 Å². The van der Waals surface area contributed by atoms with E-state index in [0.29, 0.717) is 18.7 Å². The van der Waals surface area contributed by atoms with Gasteiger partial charge in [0.15, 0.2) is 0 Å². The van der Waals surface area contributed by atoms with Gasteiger partial charge in [0.05, 0.1) is 0 Å². The van der Waals surface area contributed by atoms with E-state index in [9.17, 15) is 5.11 Å². The highest BCUT2D eigenvalue weighted by molar-refractivity contribution is 5.29. The fraction of sp³-hybridized carbons (Fsp3) is 0.182. The molecule has 17 heavy (non-hydrogen) atoms. The summed E-state index contributed by atoms with van der Waals surface area (Å²) in [6.45, 7) is 0. The first-order chi connectivity index (χ1) is 8.13. The lowest BCUT2D eigenvalue weighted by molar-refractivity contribution is 0.474. The molecule has 0 bridgehead atoms. The van der Waals surface area contributed by atoms with Gasteiger partial charge in [-0.1, -0.05) is 12.1 Å². The first-order valence-electron chi connectivity index (χ1n) is 5.17. The van der Waals surface area contributed by atoms with Gasteiger partial charge < -0.3 is 16.6 Å². The summed E-state index contributed by atoms with van der Waals surface area (Å²) in [5.74, 6) is 1.06. The number of anilines is 2. The van der Waals surface area contributed by atoms with Crippen molar-refractivity contribution in [2.24, 2.45) is 0 Å². The van der Waals surface area contributed by atoms with Gasteiger partial charge in [-0.2, -0.15) is 15.0 Å². The molecule has 1 aromatic heterocycles. The molecule has 2 rings (SSSR count). The molecule has 6 heteroatoms. The van der Waals surface area contributed by atoms with Gasteiger partial charge in [-0.15, -0.1) is 0 Å². The van der Waals surface area contributed by atoms with Crippen LogP contribution in [-0.4, -0.2) is 20.1 Å². The summed E-state index contributed by atoms with van der Waals surface area (Å²) >= 11 is 0. The van der Waals surface area contributed by atoms with E-state index in [4.69, 9.17) is 11.5 Å². The number of benzene rings is 1. The largest absolute Gasteiger partial charge is 0.508 e. The Kier molecular flexibility index (Phi) is 3.04. The van der Waals surface area contributed by atoms with Crippen molar-refractivity contribution in [2.75, 3.05) is 11.5 Å².